The van der Waals surface area contributed by atoms with E-state index in [1.807, 2.05) is 19.1 Å². The van der Waals surface area contributed by atoms with Gasteiger partial charge in [-0.1, -0.05) is 29.4 Å². The Morgan fingerprint density at radius 1 is 1.23 bits per heavy atom. The number of amides is 1. The Morgan fingerprint density at radius 3 is 2.58 bits per heavy atom. The Labute approximate surface area is 152 Å². The van der Waals surface area contributed by atoms with Crippen molar-refractivity contribution in [2.24, 2.45) is 0 Å². The van der Waals surface area contributed by atoms with Crippen molar-refractivity contribution in [1.82, 2.24) is 15.5 Å². The Kier molecular flexibility index (Phi) is 6.01. The van der Waals surface area contributed by atoms with Gasteiger partial charge in [0.25, 0.3) is 0 Å². The number of hydrogen-bond donors (Lipinski definition) is 1. The normalized spacial score (nSPS) is 12.0. The van der Waals surface area contributed by atoms with Crippen molar-refractivity contribution in [3.05, 3.63) is 41.3 Å². The molecule has 2 aromatic rings. The molecule has 0 aliphatic heterocycles. The lowest BCUT2D eigenvalue weighted by molar-refractivity contribution is 0.0527. The summed E-state index contributed by atoms with van der Waals surface area (Å²) in [6, 6.07) is 7.20. The highest BCUT2D eigenvalue weighted by atomic mass is 32.2. The first-order valence-corrected chi connectivity index (χ1v) is 9.78. The number of nitrogens with one attached hydrogen (secondary N) is 1. The molecular formula is C17H23N3O5S. The fourth-order valence-electron chi connectivity index (χ4n) is 2.09. The van der Waals surface area contributed by atoms with E-state index in [2.05, 4.69) is 15.5 Å². The van der Waals surface area contributed by atoms with Crippen LogP contribution in [0, 0.1) is 6.92 Å². The quantitative estimate of drug-likeness (QED) is 0.818. The lowest BCUT2D eigenvalue weighted by Crippen LogP contribution is -2.33. The van der Waals surface area contributed by atoms with Crippen molar-refractivity contribution in [3.63, 3.8) is 0 Å². The number of alkyl carbamates (subject to hydrolysis) is 1. The van der Waals surface area contributed by atoms with Crippen LogP contribution in [0.25, 0.3) is 0 Å². The molecule has 0 fully saturated rings. The number of ether oxygens (including phenoxy) is 1. The number of hydrogen-bond acceptors (Lipinski definition) is 7. The molecular weight excluding hydrogens is 358 g/mol. The van der Waals surface area contributed by atoms with E-state index in [0.29, 0.717) is 5.56 Å². The predicted molar refractivity (Wildman–Crippen MR) is 94.3 cm³/mol. The first kappa shape index (κ1) is 19.9. The summed E-state index contributed by atoms with van der Waals surface area (Å²) < 4.78 is 35.2. The number of aryl methyl sites for hydroxylation is 1. The molecule has 1 amide bonds. The number of carbonyl (C=O) groups is 1. The van der Waals surface area contributed by atoms with Gasteiger partial charge < -0.3 is 14.5 Å². The van der Waals surface area contributed by atoms with E-state index in [0.717, 1.165) is 5.56 Å². The number of benzene rings is 1. The Balaban J connectivity index is 1.94. The summed E-state index contributed by atoms with van der Waals surface area (Å²) in [5, 5.41) is 9.47. The fourth-order valence-corrected chi connectivity index (χ4v) is 3.33. The largest absolute Gasteiger partial charge is 0.444 e. The lowest BCUT2D eigenvalue weighted by atomic mass is 10.1. The summed E-state index contributed by atoms with van der Waals surface area (Å²) in [7, 11) is -3.73. The number of nitrogens with zero attached hydrogens (tertiary/aromatic N) is 2. The van der Waals surface area contributed by atoms with E-state index in [4.69, 9.17) is 9.15 Å². The smallest absolute Gasteiger partial charge is 0.407 e. The molecule has 0 bridgehead atoms. The monoisotopic (exact) mass is 381 g/mol. The van der Waals surface area contributed by atoms with Gasteiger partial charge in [0.2, 0.25) is 15.7 Å². The molecule has 9 heteroatoms. The Bertz CT molecular complexity index is 869. The summed E-state index contributed by atoms with van der Waals surface area (Å²) in [6.07, 6.45) is -0.365. The number of rotatable bonds is 6. The maximum atomic E-state index is 12.4. The molecule has 8 nitrogen and oxygen atoms in total. The molecule has 1 heterocycles. The van der Waals surface area contributed by atoms with E-state index in [-0.39, 0.29) is 24.6 Å². The molecule has 26 heavy (non-hydrogen) atoms. The van der Waals surface area contributed by atoms with E-state index in [1.54, 1.807) is 32.9 Å². The van der Waals surface area contributed by atoms with Crippen molar-refractivity contribution in [2.45, 2.75) is 50.7 Å². The van der Waals surface area contributed by atoms with Crippen LogP contribution in [0.3, 0.4) is 0 Å². The van der Waals surface area contributed by atoms with E-state index in [9.17, 15) is 13.2 Å². The molecule has 0 aliphatic carbocycles. The molecule has 0 unspecified atom stereocenters. The third kappa shape index (κ3) is 5.83. The second-order valence-electron chi connectivity index (χ2n) is 6.83. The van der Waals surface area contributed by atoms with Gasteiger partial charge in [-0.25, -0.2) is 13.2 Å². The molecule has 1 aromatic heterocycles. The minimum atomic E-state index is -3.73. The van der Waals surface area contributed by atoms with Crippen LogP contribution in [0.15, 0.2) is 33.9 Å². The third-order valence-corrected chi connectivity index (χ3v) is 4.72. The van der Waals surface area contributed by atoms with Crippen LogP contribution in [0.4, 0.5) is 4.79 Å². The van der Waals surface area contributed by atoms with E-state index in [1.165, 1.54) is 0 Å². The molecule has 0 radical (unpaired) electrons. The average molecular weight is 381 g/mol. The minimum Gasteiger partial charge on any atom is -0.444 e. The molecule has 142 valence electrons. The average Bonchev–Trinajstić information content (AvgIpc) is 2.97. The van der Waals surface area contributed by atoms with Crippen LogP contribution in [0.1, 0.15) is 37.8 Å². The van der Waals surface area contributed by atoms with Crippen LogP contribution in [0.2, 0.25) is 0 Å². The van der Waals surface area contributed by atoms with Crippen molar-refractivity contribution in [2.75, 3.05) is 6.54 Å². The van der Waals surface area contributed by atoms with Gasteiger partial charge in [-0.2, -0.15) is 0 Å². The molecule has 1 N–H and O–H groups in total. The van der Waals surface area contributed by atoms with Crippen LogP contribution in [-0.4, -0.2) is 36.9 Å². The van der Waals surface area contributed by atoms with Gasteiger partial charge in [0, 0.05) is 13.0 Å². The number of aromatic nitrogens is 2. The SMILES string of the molecule is Cc1ccccc1CS(=O)(=O)c1nnc(CCNC(=O)OC(C)(C)C)o1. The zero-order valence-corrected chi connectivity index (χ0v) is 16.1. The molecule has 2 rings (SSSR count). The molecule has 0 spiro atoms. The summed E-state index contributed by atoms with van der Waals surface area (Å²) in [4.78, 5) is 11.6. The zero-order chi connectivity index (χ0) is 19.4. The van der Waals surface area contributed by atoms with Crippen molar-refractivity contribution in [1.29, 1.82) is 0 Å². The summed E-state index contributed by atoms with van der Waals surface area (Å²) in [5.74, 6) is -0.0818. The first-order valence-electron chi connectivity index (χ1n) is 8.13. The van der Waals surface area contributed by atoms with Crippen molar-refractivity contribution < 1.29 is 22.4 Å². The zero-order valence-electron chi connectivity index (χ0n) is 15.3. The van der Waals surface area contributed by atoms with Gasteiger partial charge in [0.15, 0.2) is 0 Å². The van der Waals surface area contributed by atoms with Crippen LogP contribution in [-0.2, 0) is 26.7 Å². The lowest BCUT2D eigenvalue weighted by Gasteiger charge is -2.19. The predicted octanol–water partition coefficient (Wildman–Crippen LogP) is 2.42. The molecule has 1 aromatic carbocycles. The van der Waals surface area contributed by atoms with Gasteiger partial charge in [-0.15, -0.1) is 5.10 Å². The highest BCUT2D eigenvalue weighted by molar-refractivity contribution is 7.90. The second-order valence-corrected chi connectivity index (χ2v) is 8.69. The standard InChI is InChI=1S/C17H23N3O5S/c1-12-7-5-6-8-13(12)11-26(22,23)16-20-19-14(24-16)9-10-18-15(21)25-17(2,3)4/h5-8H,9-11H2,1-4H3,(H,18,21). The molecule has 0 saturated carbocycles. The number of carbonyl (C=O) groups excluding carboxylic acids is 1. The maximum absolute atomic E-state index is 12.4. The molecule has 0 atom stereocenters. The Hall–Kier alpha value is -2.42. The van der Waals surface area contributed by atoms with Crippen molar-refractivity contribution in [3.8, 4) is 0 Å². The molecule has 0 aliphatic rings. The van der Waals surface area contributed by atoms with Gasteiger partial charge in [-0.05, 0) is 38.8 Å². The van der Waals surface area contributed by atoms with Gasteiger partial charge >= 0.3 is 11.3 Å². The highest BCUT2D eigenvalue weighted by Gasteiger charge is 2.24. The first-order chi connectivity index (χ1) is 12.1. The van der Waals surface area contributed by atoms with Gasteiger partial charge in [0.05, 0.1) is 5.75 Å². The van der Waals surface area contributed by atoms with Crippen molar-refractivity contribution >= 4 is 15.9 Å². The fraction of sp³-hybridized carbons (Fsp3) is 0.471. The topological polar surface area (TPSA) is 111 Å². The summed E-state index contributed by atoms with van der Waals surface area (Å²) >= 11 is 0. The van der Waals surface area contributed by atoms with Crippen LogP contribution in [0.5, 0.6) is 0 Å². The summed E-state index contributed by atoms with van der Waals surface area (Å²) in [5.41, 5.74) is 0.960. The van der Waals surface area contributed by atoms with Crippen LogP contribution < -0.4 is 5.32 Å². The Morgan fingerprint density at radius 2 is 1.92 bits per heavy atom. The molecule has 0 saturated heterocycles. The summed E-state index contributed by atoms with van der Waals surface area (Å²) in [6.45, 7) is 7.31. The van der Waals surface area contributed by atoms with Gasteiger partial charge in [-0.3, -0.25) is 0 Å². The third-order valence-electron chi connectivity index (χ3n) is 3.33. The second kappa shape index (κ2) is 7.86. The highest BCUT2D eigenvalue weighted by Crippen LogP contribution is 2.17. The van der Waals surface area contributed by atoms with E-state index >= 15 is 0 Å². The minimum absolute atomic E-state index is 0.129. The van der Waals surface area contributed by atoms with Gasteiger partial charge in [0.1, 0.15) is 5.60 Å². The number of sulfone groups is 1. The van der Waals surface area contributed by atoms with E-state index < -0.39 is 26.8 Å². The van der Waals surface area contributed by atoms with Crippen LogP contribution >= 0.6 is 0 Å². The maximum Gasteiger partial charge on any atom is 0.407 e.